The summed E-state index contributed by atoms with van der Waals surface area (Å²) in [6, 6.07) is -0.134. The highest BCUT2D eigenvalue weighted by atomic mass is 32.2. The van der Waals surface area contributed by atoms with E-state index in [-0.39, 0.29) is 12.1 Å². The van der Waals surface area contributed by atoms with Crippen LogP contribution in [0.1, 0.15) is 0 Å². The zero-order valence-corrected chi connectivity index (χ0v) is 7.87. The molecule has 6 heteroatoms. The number of thioether (sulfide) groups is 1. The van der Waals surface area contributed by atoms with Gasteiger partial charge in [-0.2, -0.15) is 11.8 Å². The molecular formula is C7H9NO4S. The number of fused-ring (bicyclic) bond motifs is 1. The molecule has 2 atom stereocenters. The predicted molar refractivity (Wildman–Crippen MR) is 45.6 cm³/mol. The first-order valence-electron chi connectivity index (χ1n) is 3.89. The molecule has 0 bridgehead atoms. The van der Waals surface area contributed by atoms with E-state index in [1.54, 1.807) is 11.8 Å². The minimum atomic E-state index is -0.625. The fourth-order valence-corrected chi connectivity index (χ4v) is 2.77. The molecule has 2 heterocycles. The van der Waals surface area contributed by atoms with Gasteiger partial charge in [0.05, 0.1) is 13.2 Å². The van der Waals surface area contributed by atoms with E-state index in [1.165, 1.54) is 7.11 Å². The molecule has 5 nitrogen and oxygen atoms in total. The first-order chi connectivity index (χ1) is 6.24. The third kappa shape index (κ3) is 1.25. The summed E-state index contributed by atoms with van der Waals surface area (Å²) in [5.74, 6) is 1.51. The average Bonchev–Trinajstić information content (AvgIpc) is 2.62. The molecule has 2 amide bonds. The number of hydrogen-bond acceptors (Lipinski definition) is 5. The Labute approximate surface area is 79.4 Å². The van der Waals surface area contributed by atoms with Crippen LogP contribution in [0.25, 0.3) is 0 Å². The van der Waals surface area contributed by atoms with Crippen LogP contribution in [0.3, 0.4) is 0 Å². The van der Waals surface area contributed by atoms with E-state index in [2.05, 4.69) is 4.74 Å². The SMILES string of the molecule is COC(=O)N1C(=O)O[C@@H]2CSC[C@H]21. The van der Waals surface area contributed by atoms with Crippen molar-refractivity contribution in [2.24, 2.45) is 0 Å². The molecule has 2 saturated heterocycles. The average molecular weight is 203 g/mol. The first-order valence-corrected chi connectivity index (χ1v) is 5.05. The smallest absolute Gasteiger partial charge is 0.420 e. The normalized spacial score (nSPS) is 31.5. The third-order valence-corrected chi connectivity index (χ3v) is 3.29. The van der Waals surface area contributed by atoms with E-state index >= 15 is 0 Å². The number of imide groups is 1. The van der Waals surface area contributed by atoms with Gasteiger partial charge in [-0.15, -0.1) is 0 Å². The number of hydrogen-bond donors (Lipinski definition) is 0. The fourth-order valence-electron chi connectivity index (χ4n) is 1.51. The number of carbonyl (C=O) groups is 2. The van der Waals surface area contributed by atoms with Crippen molar-refractivity contribution in [2.75, 3.05) is 18.6 Å². The van der Waals surface area contributed by atoms with E-state index in [4.69, 9.17) is 4.74 Å². The van der Waals surface area contributed by atoms with Gasteiger partial charge in [0.2, 0.25) is 0 Å². The number of amides is 2. The molecule has 0 saturated carbocycles. The van der Waals surface area contributed by atoms with E-state index < -0.39 is 12.2 Å². The van der Waals surface area contributed by atoms with Gasteiger partial charge in [0, 0.05) is 11.5 Å². The Morgan fingerprint density at radius 1 is 1.69 bits per heavy atom. The molecule has 0 aromatic carbocycles. The first kappa shape index (κ1) is 8.68. The molecule has 2 aliphatic heterocycles. The maximum absolute atomic E-state index is 11.2. The lowest BCUT2D eigenvalue weighted by molar-refractivity contribution is 0.120. The summed E-state index contributed by atoms with van der Waals surface area (Å²) in [7, 11) is 1.25. The van der Waals surface area contributed by atoms with Crippen molar-refractivity contribution >= 4 is 23.9 Å². The minimum Gasteiger partial charge on any atom is -0.452 e. The predicted octanol–water partition coefficient (Wildman–Crippen LogP) is 0.689. The van der Waals surface area contributed by atoms with Gasteiger partial charge in [-0.25, -0.2) is 14.5 Å². The monoisotopic (exact) mass is 203 g/mol. The van der Waals surface area contributed by atoms with Crippen molar-refractivity contribution in [1.29, 1.82) is 0 Å². The Bertz CT molecular complexity index is 249. The Hall–Kier alpha value is -0.910. The lowest BCUT2D eigenvalue weighted by Gasteiger charge is -2.15. The Balaban J connectivity index is 2.16. The topological polar surface area (TPSA) is 55.8 Å². The highest BCUT2D eigenvalue weighted by Crippen LogP contribution is 2.31. The van der Waals surface area contributed by atoms with Gasteiger partial charge >= 0.3 is 12.2 Å². The number of methoxy groups -OCH3 is 1. The molecule has 13 heavy (non-hydrogen) atoms. The van der Waals surface area contributed by atoms with Crippen molar-refractivity contribution in [3.05, 3.63) is 0 Å². The minimum absolute atomic E-state index is 0.134. The lowest BCUT2D eigenvalue weighted by atomic mass is 10.2. The van der Waals surface area contributed by atoms with E-state index in [0.717, 1.165) is 16.4 Å². The van der Waals surface area contributed by atoms with Crippen LogP contribution in [0.4, 0.5) is 9.59 Å². The van der Waals surface area contributed by atoms with Crippen molar-refractivity contribution in [1.82, 2.24) is 4.90 Å². The number of rotatable bonds is 0. The lowest BCUT2D eigenvalue weighted by Crippen LogP contribution is -2.40. The van der Waals surface area contributed by atoms with Crippen LogP contribution in [0.15, 0.2) is 0 Å². The number of ether oxygens (including phenoxy) is 2. The highest BCUT2D eigenvalue weighted by molar-refractivity contribution is 7.99. The summed E-state index contributed by atoms with van der Waals surface area (Å²) >= 11 is 1.67. The van der Waals surface area contributed by atoms with Crippen molar-refractivity contribution in [3.8, 4) is 0 Å². The molecule has 72 valence electrons. The van der Waals surface area contributed by atoms with Gasteiger partial charge in [-0.1, -0.05) is 0 Å². The maximum Gasteiger partial charge on any atom is 0.420 e. The second-order valence-electron chi connectivity index (χ2n) is 2.87. The summed E-state index contributed by atoms with van der Waals surface area (Å²) in [6.07, 6.45) is -1.35. The molecule has 0 aromatic rings. The molecule has 2 fully saturated rings. The third-order valence-electron chi connectivity index (χ3n) is 2.15. The van der Waals surface area contributed by atoms with Crippen LogP contribution in [-0.2, 0) is 9.47 Å². The standard InChI is InChI=1S/C7H9NO4S/c1-11-6(9)8-4-2-13-3-5(4)12-7(8)10/h4-5H,2-3H2,1H3/t4-,5-/m1/s1. The van der Waals surface area contributed by atoms with Crippen LogP contribution in [-0.4, -0.2) is 47.8 Å². The van der Waals surface area contributed by atoms with Crippen LogP contribution < -0.4 is 0 Å². The van der Waals surface area contributed by atoms with Gasteiger partial charge in [-0.05, 0) is 0 Å². The van der Waals surface area contributed by atoms with Crippen LogP contribution in [0, 0.1) is 0 Å². The van der Waals surface area contributed by atoms with Crippen molar-refractivity contribution < 1.29 is 19.1 Å². The molecule has 0 unspecified atom stereocenters. The maximum atomic E-state index is 11.2. The van der Waals surface area contributed by atoms with E-state index in [1.807, 2.05) is 0 Å². The molecule has 2 rings (SSSR count). The van der Waals surface area contributed by atoms with Gasteiger partial charge in [0.15, 0.2) is 0 Å². The second-order valence-corrected chi connectivity index (χ2v) is 3.94. The summed E-state index contributed by atoms with van der Waals surface area (Å²) in [5.41, 5.74) is 0. The van der Waals surface area contributed by atoms with Crippen LogP contribution >= 0.6 is 11.8 Å². The fraction of sp³-hybridized carbons (Fsp3) is 0.714. The van der Waals surface area contributed by atoms with Gasteiger partial charge in [0.1, 0.15) is 6.10 Å². The van der Waals surface area contributed by atoms with Crippen molar-refractivity contribution in [3.63, 3.8) is 0 Å². The van der Waals surface area contributed by atoms with Gasteiger partial charge in [-0.3, -0.25) is 0 Å². The molecule has 0 aliphatic carbocycles. The number of carbonyl (C=O) groups excluding carboxylic acids is 2. The molecular weight excluding hydrogens is 194 g/mol. The summed E-state index contributed by atoms with van der Waals surface area (Å²) in [6.45, 7) is 0. The quantitative estimate of drug-likeness (QED) is 0.579. The van der Waals surface area contributed by atoms with Crippen LogP contribution in [0.2, 0.25) is 0 Å². The Morgan fingerprint density at radius 3 is 3.15 bits per heavy atom. The zero-order chi connectivity index (χ0) is 9.42. The molecule has 0 N–H and O–H groups in total. The molecule has 2 aliphatic rings. The Morgan fingerprint density at radius 2 is 2.46 bits per heavy atom. The Kier molecular flexibility index (Phi) is 2.07. The van der Waals surface area contributed by atoms with Gasteiger partial charge in [0.25, 0.3) is 0 Å². The van der Waals surface area contributed by atoms with Crippen molar-refractivity contribution in [2.45, 2.75) is 12.1 Å². The highest BCUT2D eigenvalue weighted by Gasteiger charge is 2.48. The van der Waals surface area contributed by atoms with Crippen LogP contribution in [0.5, 0.6) is 0 Å². The zero-order valence-electron chi connectivity index (χ0n) is 7.06. The number of nitrogens with zero attached hydrogens (tertiary/aromatic N) is 1. The second kappa shape index (κ2) is 3.10. The largest absolute Gasteiger partial charge is 0.452 e. The molecule has 0 spiro atoms. The summed E-state index contributed by atoms with van der Waals surface area (Å²) in [4.78, 5) is 23.4. The molecule has 0 aromatic heterocycles. The van der Waals surface area contributed by atoms with E-state index in [0.29, 0.717) is 0 Å². The molecule has 0 radical (unpaired) electrons. The summed E-state index contributed by atoms with van der Waals surface area (Å²) < 4.78 is 9.48. The summed E-state index contributed by atoms with van der Waals surface area (Å²) in [5, 5.41) is 0. The van der Waals surface area contributed by atoms with E-state index in [9.17, 15) is 9.59 Å². The van der Waals surface area contributed by atoms with Gasteiger partial charge < -0.3 is 9.47 Å².